The summed E-state index contributed by atoms with van der Waals surface area (Å²) in [5.74, 6) is 2.18. The Hall–Kier alpha value is -2.48. The molecule has 0 radical (unpaired) electrons. The van der Waals surface area contributed by atoms with E-state index in [1.54, 1.807) is 7.11 Å². The van der Waals surface area contributed by atoms with E-state index in [4.69, 9.17) is 18.9 Å². The number of fused-ring (bicyclic) bond motifs is 2. The number of ether oxygens (including phenoxy) is 4. The van der Waals surface area contributed by atoms with Gasteiger partial charge in [0.05, 0.1) is 26.9 Å². The third kappa shape index (κ3) is 2.04. The minimum absolute atomic E-state index is 0.0587. The number of nitrogens with one attached hydrogen (secondary N) is 1. The highest BCUT2D eigenvalue weighted by Crippen LogP contribution is 2.60. The number of nitrogens with zero attached hydrogens (tertiary/aromatic N) is 1. The molecule has 28 heavy (non-hydrogen) atoms. The van der Waals surface area contributed by atoms with Gasteiger partial charge < -0.3 is 24.3 Å². The standard InChI is InChI=1S/C20H22N2O6/c1-25-14-3-2-13-15(19(4-5-19)8-27-13)16(14)28-12-6-11(7-12)22-17(23)20(9-26-10-20)21-18(22)24/h2-3,11-12H,4-10H2,1H3,(H,21,24). The van der Waals surface area contributed by atoms with Gasteiger partial charge in [0.15, 0.2) is 17.0 Å². The van der Waals surface area contributed by atoms with Crippen LogP contribution in [0.4, 0.5) is 4.79 Å². The Morgan fingerprint density at radius 2 is 1.96 bits per heavy atom. The van der Waals surface area contributed by atoms with Crippen molar-refractivity contribution >= 4 is 11.9 Å². The monoisotopic (exact) mass is 386 g/mol. The molecule has 3 amide bonds. The van der Waals surface area contributed by atoms with E-state index >= 15 is 0 Å². The Bertz CT molecular complexity index is 885. The van der Waals surface area contributed by atoms with Crippen molar-refractivity contribution in [1.29, 1.82) is 0 Å². The fraction of sp³-hybridized carbons (Fsp3) is 0.600. The van der Waals surface area contributed by atoms with E-state index in [-0.39, 0.29) is 42.7 Å². The van der Waals surface area contributed by atoms with Gasteiger partial charge in [0.2, 0.25) is 0 Å². The fourth-order valence-electron chi connectivity index (χ4n) is 4.77. The molecule has 5 aliphatic rings. The molecule has 2 spiro atoms. The molecule has 148 valence electrons. The minimum atomic E-state index is -0.831. The van der Waals surface area contributed by atoms with Gasteiger partial charge in [-0.1, -0.05) is 0 Å². The Balaban J connectivity index is 1.20. The average Bonchev–Trinajstić information content (AvgIpc) is 3.23. The van der Waals surface area contributed by atoms with Crippen LogP contribution < -0.4 is 19.5 Å². The van der Waals surface area contributed by atoms with Crippen LogP contribution in [0.15, 0.2) is 12.1 Å². The number of imide groups is 1. The van der Waals surface area contributed by atoms with Gasteiger partial charge in [0.25, 0.3) is 5.91 Å². The molecule has 3 heterocycles. The largest absolute Gasteiger partial charge is 0.493 e. The molecule has 1 aromatic rings. The van der Waals surface area contributed by atoms with Gasteiger partial charge in [-0.15, -0.1) is 0 Å². The molecular weight excluding hydrogens is 364 g/mol. The third-order valence-electron chi connectivity index (χ3n) is 6.80. The number of hydrogen-bond acceptors (Lipinski definition) is 6. The molecule has 1 N–H and O–H groups in total. The van der Waals surface area contributed by atoms with E-state index in [1.807, 2.05) is 12.1 Å². The van der Waals surface area contributed by atoms with E-state index < -0.39 is 5.54 Å². The van der Waals surface area contributed by atoms with Gasteiger partial charge >= 0.3 is 6.03 Å². The van der Waals surface area contributed by atoms with Gasteiger partial charge in [-0.25, -0.2) is 4.79 Å². The van der Waals surface area contributed by atoms with Crippen LogP contribution in [0.3, 0.4) is 0 Å². The maximum Gasteiger partial charge on any atom is 0.325 e. The van der Waals surface area contributed by atoms with Crippen molar-refractivity contribution in [3.63, 3.8) is 0 Å². The quantitative estimate of drug-likeness (QED) is 0.787. The van der Waals surface area contributed by atoms with Crippen LogP contribution in [0.2, 0.25) is 0 Å². The van der Waals surface area contributed by atoms with E-state index in [9.17, 15) is 9.59 Å². The number of rotatable bonds is 4. The number of benzene rings is 1. The summed E-state index contributed by atoms with van der Waals surface area (Å²) in [6.07, 6.45) is 3.39. The molecule has 2 saturated carbocycles. The van der Waals surface area contributed by atoms with Crippen molar-refractivity contribution < 1.29 is 28.5 Å². The Kier molecular flexibility index (Phi) is 3.13. The SMILES string of the molecule is COc1ccc2c(c1OC1CC(N3C(=O)NC4(COC4)C3=O)C1)C1(CC1)CO2. The highest BCUT2D eigenvalue weighted by atomic mass is 16.5. The van der Waals surface area contributed by atoms with E-state index in [2.05, 4.69) is 5.32 Å². The molecule has 0 bridgehead atoms. The lowest BCUT2D eigenvalue weighted by Crippen LogP contribution is -2.63. The summed E-state index contributed by atoms with van der Waals surface area (Å²) in [6.45, 7) is 1.22. The Labute approximate surface area is 162 Å². The van der Waals surface area contributed by atoms with E-state index in [0.717, 1.165) is 29.9 Å². The van der Waals surface area contributed by atoms with Crippen LogP contribution >= 0.6 is 0 Å². The van der Waals surface area contributed by atoms with Crippen LogP contribution in [0.1, 0.15) is 31.2 Å². The van der Waals surface area contributed by atoms with Gasteiger partial charge in [-0.3, -0.25) is 9.69 Å². The summed E-state index contributed by atoms with van der Waals surface area (Å²) in [4.78, 5) is 26.3. The van der Waals surface area contributed by atoms with Crippen LogP contribution in [-0.4, -0.2) is 61.5 Å². The lowest BCUT2D eigenvalue weighted by Gasteiger charge is -2.41. The lowest BCUT2D eigenvalue weighted by atomic mass is 9.86. The Morgan fingerprint density at radius 1 is 1.18 bits per heavy atom. The third-order valence-corrected chi connectivity index (χ3v) is 6.80. The lowest BCUT2D eigenvalue weighted by molar-refractivity contribution is -0.151. The van der Waals surface area contributed by atoms with E-state index in [0.29, 0.717) is 25.2 Å². The number of hydrogen-bond donors (Lipinski definition) is 1. The van der Waals surface area contributed by atoms with Crippen LogP contribution in [0.25, 0.3) is 0 Å². The second-order valence-corrected chi connectivity index (χ2v) is 8.58. The molecule has 0 unspecified atom stereocenters. The molecule has 2 saturated heterocycles. The first kappa shape index (κ1) is 16.5. The van der Waals surface area contributed by atoms with E-state index in [1.165, 1.54) is 4.90 Å². The number of urea groups is 1. The average molecular weight is 386 g/mol. The number of amides is 3. The summed E-state index contributed by atoms with van der Waals surface area (Å²) in [5.41, 5.74) is 0.363. The summed E-state index contributed by atoms with van der Waals surface area (Å²) < 4.78 is 22.9. The molecule has 1 aromatic carbocycles. The van der Waals surface area contributed by atoms with Crippen molar-refractivity contribution in [2.24, 2.45) is 0 Å². The molecule has 4 fully saturated rings. The predicted octanol–water partition coefficient (Wildman–Crippen LogP) is 1.35. The minimum Gasteiger partial charge on any atom is -0.493 e. The molecule has 3 aliphatic heterocycles. The molecule has 0 atom stereocenters. The zero-order chi connectivity index (χ0) is 19.1. The summed E-state index contributed by atoms with van der Waals surface area (Å²) >= 11 is 0. The molecule has 0 aromatic heterocycles. The van der Waals surface area contributed by atoms with Crippen molar-refractivity contribution in [3.05, 3.63) is 17.7 Å². The van der Waals surface area contributed by atoms with Crippen LogP contribution in [0, 0.1) is 0 Å². The van der Waals surface area contributed by atoms with Gasteiger partial charge in [-0.05, 0) is 25.0 Å². The smallest absolute Gasteiger partial charge is 0.325 e. The first-order valence-electron chi connectivity index (χ1n) is 9.80. The normalized spacial score (nSPS) is 30.4. The molecular formula is C20H22N2O6. The number of methoxy groups -OCH3 is 1. The first-order valence-corrected chi connectivity index (χ1v) is 9.80. The molecule has 8 nitrogen and oxygen atoms in total. The van der Waals surface area contributed by atoms with Gasteiger partial charge in [-0.2, -0.15) is 0 Å². The topological polar surface area (TPSA) is 86.3 Å². The molecule has 6 rings (SSSR count). The highest BCUT2D eigenvalue weighted by Gasteiger charge is 2.59. The first-order chi connectivity index (χ1) is 13.6. The zero-order valence-electron chi connectivity index (χ0n) is 15.7. The Morgan fingerprint density at radius 3 is 2.57 bits per heavy atom. The second-order valence-electron chi connectivity index (χ2n) is 8.58. The maximum atomic E-state index is 12.7. The van der Waals surface area contributed by atoms with Crippen molar-refractivity contribution in [1.82, 2.24) is 10.2 Å². The van der Waals surface area contributed by atoms with Crippen molar-refractivity contribution in [3.8, 4) is 17.2 Å². The summed E-state index contributed by atoms with van der Waals surface area (Å²) in [7, 11) is 1.64. The van der Waals surface area contributed by atoms with Crippen LogP contribution in [0.5, 0.6) is 17.2 Å². The van der Waals surface area contributed by atoms with Gasteiger partial charge in [0.1, 0.15) is 11.9 Å². The maximum absolute atomic E-state index is 12.7. The zero-order valence-corrected chi connectivity index (χ0v) is 15.7. The van der Waals surface area contributed by atoms with Crippen LogP contribution in [-0.2, 0) is 14.9 Å². The predicted molar refractivity (Wildman–Crippen MR) is 95.8 cm³/mol. The molecule has 2 aliphatic carbocycles. The van der Waals surface area contributed by atoms with Gasteiger partial charge in [0, 0.05) is 29.9 Å². The highest BCUT2D eigenvalue weighted by molar-refractivity contribution is 6.08. The van der Waals surface area contributed by atoms with Crippen molar-refractivity contribution in [2.75, 3.05) is 26.9 Å². The number of carbonyl (C=O) groups is 2. The number of carbonyl (C=O) groups excluding carboxylic acids is 2. The molecule has 8 heteroatoms. The van der Waals surface area contributed by atoms with Crippen molar-refractivity contribution in [2.45, 2.75) is 48.8 Å². The summed E-state index contributed by atoms with van der Waals surface area (Å²) in [6, 6.07) is 3.38. The fourth-order valence-corrected chi connectivity index (χ4v) is 4.77. The second kappa shape index (κ2) is 5.31. The summed E-state index contributed by atoms with van der Waals surface area (Å²) in [5, 5.41) is 2.79.